The smallest absolute Gasteiger partial charge is 0.328 e. The van der Waals surface area contributed by atoms with Crippen LogP contribution in [0, 0.1) is 11.3 Å². The Morgan fingerprint density at radius 1 is 1.19 bits per heavy atom. The van der Waals surface area contributed by atoms with Gasteiger partial charge in [0.2, 0.25) is 11.7 Å². The fraction of sp³-hybridized carbons (Fsp3) is 0.800. The molecule has 1 aliphatic rings. The molecular weight excluding hydrogens is 348 g/mol. The van der Waals surface area contributed by atoms with Gasteiger partial charge in [0.25, 0.3) is 5.91 Å². The van der Waals surface area contributed by atoms with E-state index >= 15 is 0 Å². The second-order valence-electron chi connectivity index (χ2n) is 7.85. The summed E-state index contributed by atoms with van der Waals surface area (Å²) < 4.78 is 5.07. The molecule has 0 aromatic heterocycles. The summed E-state index contributed by atoms with van der Waals surface area (Å²) in [6, 6.07) is -1.49. The molecule has 1 rings (SSSR count). The summed E-state index contributed by atoms with van der Waals surface area (Å²) in [5.74, 6) is -2.07. The average Bonchev–Trinajstić information content (AvgIpc) is 3.13. The summed E-state index contributed by atoms with van der Waals surface area (Å²) in [6.45, 7) is 11.4. The number of esters is 1. The summed E-state index contributed by atoms with van der Waals surface area (Å²) in [5.41, 5.74) is -0.759. The number of ether oxygens (including phenoxy) is 1. The monoisotopic (exact) mass is 382 g/mol. The number of hydrogen-bond donors (Lipinski definition) is 1. The second kappa shape index (κ2) is 9.85. The molecule has 1 N–H and O–H groups in total. The number of ketones is 1. The lowest BCUT2D eigenvalue weighted by atomic mass is 9.84. The highest BCUT2D eigenvalue weighted by atomic mass is 16.5. The van der Waals surface area contributed by atoms with Gasteiger partial charge in [-0.05, 0) is 32.1 Å². The van der Waals surface area contributed by atoms with Gasteiger partial charge >= 0.3 is 5.97 Å². The largest absolute Gasteiger partial charge is 0.464 e. The maximum atomic E-state index is 12.8. The summed E-state index contributed by atoms with van der Waals surface area (Å²) in [4.78, 5) is 51.6. The molecule has 1 unspecified atom stereocenters. The first kappa shape index (κ1) is 23.1. The lowest BCUT2D eigenvalue weighted by Crippen LogP contribution is -2.54. The van der Waals surface area contributed by atoms with Crippen molar-refractivity contribution in [2.24, 2.45) is 11.3 Å². The van der Waals surface area contributed by atoms with E-state index in [0.717, 1.165) is 0 Å². The van der Waals surface area contributed by atoms with Crippen LogP contribution in [0.1, 0.15) is 67.2 Å². The minimum absolute atomic E-state index is 0.0980. The number of amides is 2. The Hall–Kier alpha value is -1.92. The molecule has 0 saturated carbocycles. The first-order valence-corrected chi connectivity index (χ1v) is 9.93. The predicted molar refractivity (Wildman–Crippen MR) is 102 cm³/mol. The van der Waals surface area contributed by atoms with Crippen molar-refractivity contribution in [3.8, 4) is 0 Å². The van der Waals surface area contributed by atoms with E-state index in [1.54, 1.807) is 20.8 Å². The molecule has 7 nitrogen and oxygen atoms in total. The number of nitrogens with one attached hydrogen (secondary N) is 1. The molecule has 1 saturated heterocycles. The van der Waals surface area contributed by atoms with Crippen LogP contribution in [-0.2, 0) is 23.9 Å². The normalized spacial score (nSPS) is 19.3. The van der Waals surface area contributed by atoms with Gasteiger partial charge in [0.05, 0.1) is 6.61 Å². The molecule has 0 radical (unpaired) electrons. The van der Waals surface area contributed by atoms with Gasteiger partial charge in [0.15, 0.2) is 0 Å². The number of nitrogens with zero attached hydrogens (tertiary/aromatic N) is 1. The van der Waals surface area contributed by atoms with E-state index in [0.29, 0.717) is 32.2 Å². The highest BCUT2D eigenvalue weighted by Crippen LogP contribution is 2.25. The summed E-state index contributed by atoms with van der Waals surface area (Å²) >= 11 is 0. The number of rotatable bonds is 9. The Bertz CT molecular complexity index is 573. The Kier molecular flexibility index (Phi) is 8.44. The number of Topliss-reactive ketones (excluding diaryl/α,β-unsaturated/α-hetero) is 1. The van der Waals surface area contributed by atoms with E-state index in [1.165, 1.54) is 4.90 Å². The Morgan fingerprint density at radius 2 is 1.81 bits per heavy atom. The molecule has 7 heteroatoms. The molecule has 1 aliphatic heterocycles. The van der Waals surface area contributed by atoms with Gasteiger partial charge in [-0.1, -0.05) is 41.0 Å². The molecule has 2 amide bonds. The Morgan fingerprint density at radius 3 is 2.33 bits per heavy atom. The standard InChI is InChI=1S/C20H34N2O5/c1-7-13(4)15(19(26)27-9-3)21-17(24)14-11-10-12-22(14)18(25)16(23)20(5,6)8-2/h13-15H,7-12H2,1-6H3,(H,21,24)/t13?,14-,15+/m0/s1. The molecule has 0 aromatic rings. The van der Waals surface area contributed by atoms with Crippen molar-refractivity contribution in [2.75, 3.05) is 13.2 Å². The van der Waals surface area contributed by atoms with Crippen molar-refractivity contribution < 1.29 is 23.9 Å². The van der Waals surface area contributed by atoms with E-state index in [2.05, 4.69) is 5.32 Å². The Balaban J connectivity index is 2.92. The molecule has 1 heterocycles. The SMILES string of the molecule is CCOC(=O)[C@H](NC(=O)[C@@H]1CCCN1C(=O)C(=O)C(C)(C)CC)C(C)CC. The van der Waals surface area contributed by atoms with Crippen molar-refractivity contribution in [1.82, 2.24) is 10.2 Å². The van der Waals surface area contributed by atoms with Crippen LogP contribution in [0.5, 0.6) is 0 Å². The van der Waals surface area contributed by atoms with Gasteiger partial charge in [0, 0.05) is 12.0 Å². The van der Waals surface area contributed by atoms with Crippen LogP contribution in [0.3, 0.4) is 0 Å². The van der Waals surface area contributed by atoms with E-state index < -0.39 is 41.1 Å². The van der Waals surface area contributed by atoms with Crippen LogP contribution >= 0.6 is 0 Å². The summed E-state index contributed by atoms with van der Waals surface area (Å²) in [5, 5.41) is 2.75. The number of hydrogen-bond acceptors (Lipinski definition) is 5. The van der Waals surface area contributed by atoms with Gasteiger partial charge < -0.3 is 15.0 Å². The van der Waals surface area contributed by atoms with Crippen LogP contribution in [0.2, 0.25) is 0 Å². The minimum Gasteiger partial charge on any atom is -0.464 e. The van der Waals surface area contributed by atoms with E-state index in [1.807, 2.05) is 20.8 Å². The maximum absolute atomic E-state index is 12.8. The van der Waals surface area contributed by atoms with Crippen molar-refractivity contribution in [2.45, 2.75) is 79.3 Å². The third-order valence-electron chi connectivity index (χ3n) is 5.56. The minimum atomic E-state index is -0.761. The molecule has 27 heavy (non-hydrogen) atoms. The van der Waals surface area contributed by atoms with Gasteiger partial charge in [-0.2, -0.15) is 0 Å². The first-order chi connectivity index (χ1) is 12.6. The fourth-order valence-electron chi connectivity index (χ4n) is 3.01. The van der Waals surface area contributed by atoms with E-state index in [-0.39, 0.29) is 12.5 Å². The number of likely N-dealkylation sites (tertiary alicyclic amines) is 1. The second-order valence-corrected chi connectivity index (χ2v) is 7.85. The Labute approximate surface area is 162 Å². The van der Waals surface area contributed by atoms with Crippen molar-refractivity contribution >= 4 is 23.6 Å². The zero-order valence-corrected chi connectivity index (χ0v) is 17.5. The van der Waals surface area contributed by atoms with E-state index in [4.69, 9.17) is 4.74 Å². The predicted octanol–water partition coefficient (Wildman–Crippen LogP) is 2.08. The lowest BCUT2D eigenvalue weighted by molar-refractivity contribution is -0.153. The van der Waals surface area contributed by atoms with Crippen LogP contribution in [0.15, 0.2) is 0 Å². The third-order valence-corrected chi connectivity index (χ3v) is 5.56. The van der Waals surface area contributed by atoms with Crippen molar-refractivity contribution in [3.05, 3.63) is 0 Å². The number of carbonyl (C=O) groups excluding carboxylic acids is 4. The molecule has 0 aromatic carbocycles. The van der Waals surface area contributed by atoms with E-state index in [9.17, 15) is 19.2 Å². The zero-order valence-electron chi connectivity index (χ0n) is 17.5. The quantitative estimate of drug-likeness (QED) is 0.487. The maximum Gasteiger partial charge on any atom is 0.328 e. The van der Waals surface area contributed by atoms with Crippen LogP contribution in [0.4, 0.5) is 0 Å². The van der Waals surface area contributed by atoms with Gasteiger partial charge in [-0.25, -0.2) is 4.79 Å². The summed E-state index contributed by atoms with van der Waals surface area (Å²) in [6.07, 6.45) is 2.37. The molecule has 1 fully saturated rings. The molecular formula is C20H34N2O5. The number of carbonyl (C=O) groups is 4. The van der Waals surface area contributed by atoms with Crippen LogP contribution in [0.25, 0.3) is 0 Å². The molecule has 0 aliphatic carbocycles. The average molecular weight is 383 g/mol. The molecule has 0 bridgehead atoms. The molecule has 154 valence electrons. The fourth-order valence-corrected chi connectivity index (χ4v) is 3.01. The first-order valence-electron chi connectivity index (χ1n) is 9.93. The van der Waals surface area contributed by atoms with Gasteiger partial charge in [-0.15, -0.1) is 0 Å². The topological polar surface area (TPSA) is 92.8 Å². The third kappa shape index (κ3) is 5.53. The van der Waals surface area contributed by atoms with Gasteiger partial charge in [0.1, 0.15) is 12.1 Å². The van der Waals surface area contributed by atoms with Crippen LogP contribution < -0.4 is 5.32 Å². The van der Waals surface area contributed by atoms with Crippen molar-refractivity contribution in [1.29, 1.82) is 0 Å². The molecule has 0 spiro atoms. The molecule has 3 atom stereocenters. The summed E-state index contributed by atoms with van der Waals surface area (Å²) in [7, 11) is 0. The lowest BCUT2D eigenvalue weighted by Gasteiger charge is -2.29. The van der Waals surface area contributed by atoms with Crippen LogP contribution in [-0.4, -0.2) is 53.7 Å². The highest BCUT2D eigenvalue weighted by molar-refractivity contribution is 6.38. The highest BCUT2D eigenvalue weighted by Gasteiger charge is 2.42. The van der Waals surface area contributed by atoms with Crippen molar-refractivity contribution in [3.63, 3.8) is 0 Å². The zero-order chi connectivity index (χ0) is 20.8. The van der Waals surface area contributed by atoms with Gasteiger partial charge in [-0.3, -0.25) is 14.4 Å².